The van der Waals surface area contributed by atoms with Gasteiger partial charge in [-0.3, -0.25) is 5.32 Å². The van der Waals surface area contributed by atoms with Gasteiger partial charge < -0.3 is 4.74 Å². The first-order valence-corrected chi connectivity index (χ1v) is 5.20. The summed E-state index contributed by atoms with van der Waals surface area (Å²) in [6.45, 7) is 0.981. The lowest BCUT2D eigenvalue weighted by Crippen LogP contribution is -2.38. The summed E-state index contributed by atoms with van der Waals surface area (Å²) < 4.78 is 5.71. The van der Waals surface area contributed by atoms with E-state index in [0.717, 1.165) is 25.1 Å². The average molecular weight is 211 g/mol. The van der Waals surface area contributed by atoms with Gasteiger partial charge in [-0.25, -0.2) is 0 Å². The zero-order valence-corrected chi connectivity index (χ0v) is 8.63. The van der Waals surface area contributed by atoms with Crippen molar-refractivity contribution in [3.63, 3.8) is 0 Å². The number of nitrogens with one attached hydrogen (secondary N) is 1. The lowest BCUT2D eigenvalue weighted by molar-refractivity contribution is 0.150. The first kappa shape index (κ1) is 9.81. The van der Waals surface area contributed by atoms with Crippen LogP contribution < -0.4 is 10.1 Å². The highest BCUT2D eigenvalue weighted by molar-refractivity contribution is 6.32. The minimum Gasteiger partial charge on any atom is -0.474 e. The van der Waals surface area contributed by atoms with Gasteiger partial charge in [-0.2, -0.15) is 0 Å². The average Bonchev–Trinajstić information content (AvgIpc) is 2.23. The second-order valence-corrected chi connectivity index (χ2v) is 3.71. The zero-order chi connectivity index (χ0) is 9.80. The minimum atomic E-state index is 0.0728. The van der Waals surface area contributed by atoms with Gasteiger partial charge in [0.25, 0.3) is 0 Å². The Balaban J connectivity index is 1.99. The smallest absolute Gasteiger partial charge is 0.150 e. The first-order chi connectivity index (χ1) is 6.86. The molecule has 14 heavy (non-hydrogen) atoms. The van der Waals surface area contributed by atoms with Crippen LogP contribution in [0.2, 0.25) is 5.02 Å². The van der Waals surface area contributed by atoms with Gasteiger partial charge in [0.2, 0.25) is 0 Å². The first-order valence-electron chi connectivity index (χ1n) is 4.82. The van der Waals surface area contributed by atoms with Gasteiger partial charge >= 0.3 is 0 Å². The molecule has 1 atom stereocenters. The number of piperidine rings is 1. The van der Waals surface area contributed by atoms with Crippen LogP contribution in [0.15, 0.2) is 24.3 Å². The second-order valence-electron chi connectivity index (χ2n) is 3.30. The van der Waals surface area contributed by atoms with Crippen molar-refractivity contribution in [2.75, 3.05) is 6.54 Å². The maximum atomic E-state index is 5.98. The fourth-order valence-corrected chi connectivity index (χ4v) is 1.66. The third-order valence-electron chi connectivity index (χ3n) is 2.21. The van der Waals surface area contributed by atoms with Crippen molar-refractivity contribution in [3.8, 4) is 5.75 Å². The largest absolute Gasteiger partial charge is 0.474 e. The van der Waals surface area contributed by atoms with Gasteiger partial charge in [0.1, 0.15) is 5.75 Å². The van der Waals surface area contributed by atoms with E-state index in [1.807, 2.05) is 24.3 Å². The van der Waals surface area contributed by atoms with Crippen LogP contribution in [0, 0.1) is 6.42 Å². The Hall–Kier alpha value is -0.730. The fourth-order valence-electron chi connectivity index (χ4n) is 1.48. The molecule has 0 saturated carbocycles. The summed E-state index contributed by atoms with van der Waals surface area (Å²) >= 11 is 5.98. The summed E-state index contributed by atoms with van der Waals surface area (Å²) in [5, 5.41) is 3.95. The van der Waals surface area contributed by atoms with Gasteiger partial charge in [0, 0.05) is 6.42 Å². The molecule has 1 aromatic rings. The molecule has 3 heteroatoms. The normalized spacial score (nSPS) is 21.9. The molecule has 0 spiro atoms. The third-order valence-corrected chi connectivity index (χ3v) is 2.52. The minimum absolute atomic E-state index is 0.0728. The van der Waals surface area contributed by atoms with Crippen LogP contribution in [-0.2, 0) is 0 Å². The maximum absolute atomic E-state index is 5.98. The van der Waals surface area contributed by atoms with Crippen LogP contribution in [0.1, 0.15) is 12.8 Å². The number of rotatable bonds is 2. The Morgan fingerprint density at radius 3 is 2.93 bits per heavy atom. The maximum Gasteiger partial charge on any atom is 0.150 e. The lowest BCUT2D eigenvalue weighted by Gasteiger charge is -2.24. The summed E-state index contributed by atoms with van der Waals surface area (Å²) in [5.74, 6) is 0.752. The molecule has 1 unspecified atom stereocenters. The Bertz CT molecular complexity index is 297. The fraction of sp³-hybridized carbons (Fsp3) is 0.364. The molecule has 0 aromatic heterocycles. The molecule has 1 aromatic carbocycles. The molecule has 2 rings (SSSR count). The Labute approximate surface area is 89.2 Å². The van der Waals surface area contributed by atoms with Crippen LogP contribution in [0.4, 0.5) is 0 Å². The van der Waals surface area contributed by atoms with E-state index in [-0.39, 0.29) is 6.23 Å². The van der Waals surface area contributed by atoms with E-state index in [9.17, 15) is 0 Å². The van der Waals surface area contributed by atoms with Crippen LogP contribution >= 0.6 is 11.6 Å². The SMILES string of the molecule is Clc1ccccc1OC1C[CH]CCN1. The molecule has 2 nitrogen and oxygen atoms in total. The van der Waals surface area contributed by atoms with Gasteiger partial charge in [-0.15, -0.1) is 0 Å². The van der Waals surface area contributed by atoms with Crippen molar-refractivity contribution in [2.24, 2.45) is 0 Å². The number of benzene rings is 1. The summed E-state index contributed by atoms with van der Waals surface area (Å²) in [5.41, 5.74) is 0. The van der Waals surface area contributed by atoms with Crippen molar-refractivity contribution in [2.45, 2.75) is 19.1 Å². The van der Waals surface area contributed by atoms with Crippen molar-refractivity contribution in [1.82, 2.24) is 5.32 Å². The Kier molecular flexibility index (Phi) is 3.27. The zero-order valence-electron chi connectivity index (χ0n) is 7.87. The Morgan fingerprint density at radius 2 is 2.21 bits per heavy atom. The van der Waals surface area contributed by atoms with E-state index in [1.54, 1.807) is 0 Å². The number of hydrogen-bond acceptors (Lipinski definition) is 2. The molecule has 1 aliphatic rings. The van der Waals surface area contributed by atoms with Crippen molar-refractivity contribution in [1.29, 1.82) is 0 Å². The second kappa shape index (κ2) is 4.67. The van der Waals surface area contributed by atoms with E-state index in [1.165, 1.54) is 0 Å². The van der Waals surface area contributed by atoms with Gasteiger partial charge in [0.15, 0.2) is 6.23 Å². The quantitative estimate of drug-likeness (QED) is 0.811. The van der Waals surface area contributed by atoms with E-state index >= 15 is 0 Å². The van der Waals surface area contributed by atoms with Gasteiger partial charge in [0.05, 0.1) is 5.02 Å². The van der Waals surface area contributed by atoms with E-state index < -0.39 is 0 Å². The van der Waals surface area contributed by atoms with Crippen LogP contribution in [-0.4, -0.2) is 12.8 Å². The van der Waals surface area contributed by atoms with Gasteiger partial charge in [-0.05, 0) is 31.5 Å². The van der Waals surface area contributed by atoms with Gasteiger partial charge in [-0.1, -0.05) is 23.7 Å². The van der Waals surface area contributed by atoms with Crippen LogP contribution in [0.25, 0.3) is 0 Å². The van der Waals surface area contributed by atoms with Crippen molar-refractivity contribution < 1.29 is 4.74 Å². The molecule has 1 radical (unpaired) electrons. The summed E-state index contributed by atoms with van der Waals surface area (Å²) in [6, 6.07) is 7.55. The third kappa shape index (κ3) is 2.40. The molecular weight excluding hydrogens is 198 g/mol. The summed E-state index contributed by atoms with van der Waals surface area (Å²) in [4.78, 5) is 0. The van der Waals surface area contributed by atoms with Crippen LogP contribution in [0.5, 0.6) is 5.75 Å². The molecule has 75 valence electrons. The molecule has 1 N–H and O–H groups in total. The predicted octanol–water partition coefficient (Wildman–Crippen LogP) is 2.63. The number of halogens is 1. The topological polar surface area (TPSA) is 21.3 Å². The molecule has 1 heterocycles. The highest BCUT2D eigenvalue weighted by atomic mass is 35.5. The molecule has 1 saturated heterocycles. The highest BCUT2D eigenvalue weighted by Crippen LogP contribution is 2.25. The van der Waals surface area contributed by atoms with Crippen LogP contribution in [0.3, 0.4) is 0 Å². The van der Waals surface area contributed by atoms with E-state index in [0.29, 0.717) is 5.02 Å². The molecule has 1 fully saturated rings. The standard InChI is InChI=1S/C11H13ClNO/c12-9-5-1-2-6-10(9)14-11-7-3-4-8-13-11/h1-3,5-6,11,13H,4,7-8H2. The van der Waals surface area contributed by atoms with Crippen molar-refractivity contribution in [3.05, 3.63) is 35.7 Å². The molecular formula is C11H13ClNO. The molecule has 0 aliphatic carbocycles. The lowest BCUT2D eigenvalue weighted by atomic mass is 10.1. The summed E-state index contributed by atoms with van der Waals surface area (Å²) in [7, 11) is 0. The highest BCUT2D eigenvalue weighted by Gasteiger charge is 2.14. The monoisotopic (exact) mass is 210 g/mol. The van der Waals surface area contributed by atoms with E-state index in [2.05, 4.69) is 11.7 Å². The Morgan fingerprint density at radius 1 is 1.36 bits per heavy atom. The molecule has 0 amide bonds. The van der Waals surface area contributed by atoms with Crippen molar-refractivity contribution >= 4 is 11.6 Å². The molecule has 0 bridgehead atoms. The summed E-state index contributed by atoms with van der Waals surface area (Å²) in [6.07, 6.45) is 4.36. The number of hydrogen-bond donors (Lipinski definition) is 1. The molecule has 1 aliphatic heterocycles. The number of ether oxygens (including phenoxy) is 1. The van der Waals surface area contributed by atoms with E-state index in [4.69, 9.17) is 16.3 Å². The number of para-hydroxylation sites is 1. The predicted molar refractivity (Wildman–Crippen MR) is 57.4 cm³/mol.